The van der Waals surface area contributed by atoms with Gasteiger partial charge in [-0.15, -0.1) is 10.2 Å². The van der Waals surface area contributed by atoms with Crippen molar-refractivity contribution in [2.24, 2.45) is 0 Å². The zero-order valence-electron chi connectivity index (χ0n) is 12.5. The van der Waals surface area contributed by atoms with Gasteiger partial charge >= 0.3 is 0 Å². The Balaban J connectivity index is 2.18. The lowest BCUT2D eigenvalue weighted by Gasteiger charge is -2.07. The van der Waals surface area contributed by atoms with Gasteiger partial charge in [-0.05, 0) is 31.9 Å². The summed E-state index contributed by atoms with van der Waals surface area (Å²) in [5.41, 5.74) is 0.866. The van der Waals surface area contributed by atoms with E-state index in [4.69, 9.17) is 16.7 Å². The highest BCUT2D eigenvalue weighted by Gasteiger charge is 2.17. The standard InChI is InChI=1S/C15H20ClN3O2S/c1-2-19-14(12-7-6-8-13(16)11-12)17-18-15(19)22(21)10-5-3-4-9-20/h6-8,11,20H,2-5,9-10H2,1H3. The van der Waals surface area contributed by atoms with Gasteiger partial charge in [0.05, 0.1) is 10.8 Å². The molecule has 0 aliphatic rings. The number of aliphatic hydroxyl groups is 1. The molecule has 1 atom stereocenters. The monoisotopic (exact) mass is 341 g/mol. The second-order valence-corrected chi connectivity index (χ2v) is 6.80. The maximum atomic E-state index is 12.4. The molecule has 0 radical (unpaired) electrons. The Morgan fingerprint density at radius 1 is 1.27 bits per heavy atom. The van der Waals surface area contributed by atoms with Crippen LogP contribution in [0, 0.1) is 0 Å². The highest BCUT2D eigenvalue weighted by Crippen LogP contribution is 2.23. The minimum Gasteiger partial charge on any atom is -0.396 e. The summed E-state index contributed by atoms with van der Waals surface area (Å²) in [7, 11) is -1.18. The molecule has 1 N–H and O–H groups in total. The van der Waals surface area contributed by atoms with Gasteiger partial charge in [0.1, 0.15) is 0 Å². The van der Waals surface area contributed by atoms with E-state index in [0.29, 0.717) is 28.3 Å². The summed E-state index contributed by atoms with van der Waals surface area (Å²) in [5, 5.41) is 18.2. The third-order valence-electron chi connectivity index (χ3n) is 3.31. The second kappa shape index (κ2) is 8.41. The predicted octanol–water partition coefficient (Wildman–Crippen LogP) is 2.89. The van der Waals surface area contributed by atoms with E-state index in [9.17, 15) is 4.21 Å². The van der Waals surface area contributed by atoms with Crippen LogP contribution in [-0.4, -0.2) is 36.4 Å². The first kappa shape index (κ1) is 17.1. The van der Waals surface area contributed by atoms with Crippen molar-refractivity contribution in [3.8, 4) is 11.4 Å². The van der Waals surface area contributed by atoms with Crippen molar-refractivity contribution in [2.45, 2.75) is 37.9 Å². The molecule has 120 valence electrons. The van der Waals surface area contributed by atoms with E-state index >= 15 is 0 Å². The molecule has 0 bridgehead atoms. The van der Waals surface area contributed by atoms with Crippen molar-refractivity contribution >= 4 is 22.4 Å². The first-order valence-corrected chi connectivity index (χ1v) is 9.05. The van der Waals surface area contributed by atoms with Gasteiger partial charge in [0.15, 0.2) is 5.82 Å². The van der Waals surface area contributed by atoms with E-state index in [-0.39, 0.29) is 6.61 Å². The minimum absolute atomic E-state index is 0.177. The molecule has 0 aliphatic carbocycles. The molecule has 1 unspecified atom stereocenters. The van der Waals surface area contributed by atoms with Crippen molar-refractivity contribution in [1.29, 1.82) is 0 Å². The molecule has 7 heteroatoms. The maximum Gasteiger partial charge on any atom is 0.221 e. The lowest BCUT2D eigenvalue weighted by atomic mass is 10.2. The van der Waals surface area contributed by atoms with Crippen LogP contribution in [0.2, 0.25) is 5.02 Å². The smallest absolute Gasteiger partial charge is 0.221 e. The van der Waals surface area contributed by atoms with Crippen molar-refractivity contribution in [3.05, 3.63) is 29.3 Å². The number of hydrogen-bond acceptors (Lipinski definition) is 4. The van der Waals surface area contributed by atoms with E-state index in [1.54, 1.807) is 6.07 Å². The molecule has 1 aromatic carbocycles. The molecular weight excluding hydrogens is 322 g/mol. The SMILES string of the molecule is CCn1c(-c2cccc(Cl)c2)nnc1S(=O)CCCCCO. The number of aliphatic hydroxyl groups excluding tert-OH is 1. The number of hydrogen-bond donors (Lipinski definition) is 1. The largest absolute Gasteiger partial charge is 0.396 e. The van der Waals surface area contributed by atoms with Crippen LogP contribution in [0.4, 0.5) is 0 Å². The minimum atomic E-state index is -1.18. The number of unbranched alkanes of at least 4 members (excludes halogenated alkanes) is 2. The summed E-state index contributed by atoms with van der Waals surface area (Å²) in [6, 6.07) is 7.40. The molecule has 1 aromatic heterocycles. The van der Waals surface area contributed by atoms with Gasteiger partial charge in [-0.1, -0.05) is 30.2 Å². The van der Waals surface area contributed by atoms with E-state index < -0.39 is 10.8 Å². The zero-order valence-corrected chi connectivity index (χ0v) is 14.1. The van der Waals surface area contributed by atoms with E-state index in [1.807, 2.05) is 29.7 Å². The molecule has 0 saturated heterocycles. The topological polar surface area (TPSA) is 68.0 Å². The normalized spacial score (nSPS) is 12.5. The summed E-state index contributed by atoms with van der Waals surface area (Å²) in [4.78, 5) is 0. The summed E-state index contributed by atoms with van der Waals surface area (Å²) in [6.45, 7) is 2.80. The van der Waals surface area contributed by atoms with Crippen molar-refractivity contribution in [1.82, 2.24) is 14.8 Å². The fourth-order valence-corrected chi connectivity index (χ4v) is 3.63. The number of rotatable bonds is 8. The quantitative estimate of drug-likeness (QED) is 0.750. The Kier molecular flexibility index (Phi) is 6.54. The molecule has 0 saturated carbocycles. The van der Waals surface area contributed by atoms with Crippen LogP contribution in [-0.2, 0) is 17.3 Å². The molecule has 0 fully saturated rings. The molecular formula is C15H20ClN3O2S. The maximum absolute atomic E-state index is 12.4. The molecule has 2 aromatic rings. The highest BCUT2D eigenvalue weighted by molar-refractivity contribution is 7.84. The van der Waals surface area contributed by atoms with Crippen LogP contribution in [0.15, 0.2) is 29.4 Å². The molecule has 0 aliphatic heterocycles. The molecule has 5 nitrogen and oxygen atoms in total. The van der Waals surface area contributed by atoms with Crippen LogP contribution < -0.4 is 0 Å². The molecule has 1 heterocycles. The van der Waals surface area contributed by atoms with Crippen LogP contribution in [0.3, 0.4) is 0 Å². The van der Waals surface area contributed by atoms with E-state index in [2.05, 4.69) is 10.2 Å². The Morgan fingerprint density at radius 3 is 2.77 bits per heavy atom. The van der Waals surface area contributed by atoms with Crippen LogP contribution in [0.5, 0.6) is 0 Å². The number of benzene rings is 1. The second-order valence-electron chi connectivity index (χ2n) is 4.89. The molecule has 0 amide bonds. The average molecular weight is 342 g/mol. The number of nitrogens with zero attached hydrogens (tertiary/aromatic N) is 3. The lowest BCUT2D eigenvalue weighted by molar-refractivity contribution is 0.284. The van der Waals surface area contributed by atoms with Crippen LogP contribution in [0.25, 0.3) is 11.4 Å². The number of halogens is 1. The third-order valence-corrected chi connectivity index (χ3v) is 4.91. The molecule has 0 spiro atoms. The van der Waals surface area contributed by atoms with Gasteiger partial charge in [0.2, 0.25) is 5.16 Å². The van der Waals surface area contributed by atoms with Crippen molar-refractivity contribution in [3.63, 3.8) is 0 Å². The van der Waals surface area contributed by atoms with Gasteiger partial charge < -0.3 is 9.67 Å². The van der Waals surface area contributed by atoms with Crippen LogP contribution in [0.1, 0.15) is 26.2 Å². The van der Waals surface area contributed by atoms with Crippen molar-refractivity contribution in [2.75, 3.05) is 12.4 Å². The number of aromatic nitrogens is 3. The van der Waals surface area contributed by atoms with Crippen molar-refractivity contribution < 1.29 is 9.32 Å². The van der Waals surface area contributed by atoms with E-state index in [1.165, 1.54) is 0 Å². The predicted molar refractivity (Wildman–Crippen MR) is 88.4 cm³/mol. The van der Waals surface area contributed by atoms with Gasteiger partial charge in [0, 0.05) is 29.5 Å². The van der Waals surface area contributed by atoms with Crippen LogP contribution >= 0.6 is 11.6 Å². The summed E-state index contributed by atoms with van der Waals surface area (Å²) < 4.78 is 14.3. The Morgan fingerprint density at radius 2 is 2.09 bits per heavy atom. The third kappa shape index (κ3) is 4.15. The summed E-state index contributed by atoms with van der Waals surface area (Å²) >= 11 is 6.02. The highest BCUT2D eigenvalue weighted by atomic mass is 35.5. The summed E-state index contributed by atoms with van der Waals surface area (Å²) in [6.07, 6.45) is 2.41. The van der Waals surface area contributed by atoms with Gasteiger partial charge in [-0.2, -0.15) is 0 Å². The first-order chi connectivity index (χ1) is 10.7. The van der Waals surface area contributed by atoms with Gasteiger partial charge in [-0.3, -0.25) is 4.21 Å². The zero-order chi connectivity index (χ0) is 15.9. The Labute approximate surface area is 137 Å². The van der Waals surface area contributed by atoms with Gasteiger partial charge in [-0.25, -0.2) is 0 Å². The molecule has 22 heavy (non-hydrogen) atoms. The fourth-order valence-electron chi connectivity index (χ4n) is 2.20. The van der Waals surface area contributed by atoms with E-state index in [0.717, 1.165) is 24.8 Å². The fraction of sp³-hybridized carbons (Fsp3) is 0.467. The Bertz CT molecular complexity index is 645. The average Bonchev–Trinajstić information content (AvgIpc) is 2.95. The molecule has 2 rings (SSSR count). The Hall–Kier alpha value is -1.24. The lowest BCUT2D eigenvalue weighted by Crippen LogP contribution is -2.08. The summed E-state index contributed by atoms with van der Waals surface area (Å²) in [5.74, 6) is 1.22. The van der Waals surface area contributed by atoms with Gasteiger partial charge in [0.25, 0.3) is 0 Å². The first-order valence-electron chi connectivity index (χ1n) is 7.35.